The lowest BCUT2D eigenvalue weighted by Crippen LogP contribution is -2.35. The highest BCUT2D eigenvalue weighted by Crippen LogP contribution is 2.38. The Kier molecular flexibility index (Phi) is 5.75. The summed E-state index contributed by atoms with van der Waals surface area (Å²) in [6, 6.07) is 3.39. The molecule has 7 heteroatoms. The molecule has 0 aromatic heterocycles. The maximum atomic E-state index is 11.2. The first-order valence-electron chi connectivity index (χ1n) is 5.70. The Morgan fingerprint density at radius 1 is 1.58 bits per heavy atom. The minimum absolute atomic E-state index is 0. The first-order chi connectivity index (χ1) is 8.61. The summed E-state index contributed by atoms with van der Waals surface area (Å²) in [5.74, 6) is 0.474. The van der Waals surface area contributed by atoms with Gasteiger partial charge in [0.2, 0.25) is 0 Å². The van der Waals surface area contributed by atoms with Crippen LogP contribution in [-0.4, -0.2) is 24.4 Å². The Morgan fingerprint density at radius 2 is 2.32 bits per heavy atom. The second-order valence-corrected chi connectivity index (χ2v) is 4.76. The summed E-state index contributed by atoms with van der Waals surface area (Å²) < 4.78 is 10.7. The zero-order valence-corrected chi connectivity index (χ0v) is 12.7. The van der Waals surface area contributed by atoms with Crippen molar-refractivity contribution in [1.82, 2.24) is 5.32 Å². The Hall–Kier alpha value is -1.14. The van der Waals surface area contributed by atoms with Gasteiger partial charge in [-0.3, -0.25) is 0 Å². The number of benzene rings is 1. The number of amides is 1. The van der Waals surface area contributed by atoms with Crippen LogP contribution in [0.3, 0.4) is 0 Å². The van der Waals surface area contributed by atoms with Gasteiger partial charge < -0.3 is 19.9 Å². The van der Waals surface area contributed by atoms with E-state index in [1.165, 1.54) is 0 Å². The van der Waals surface area contributed by atoms with E-state index in [0.29, 0.717) is 29.9 Å². The number of cyclic esters (lactones) is 1. The van der Waals surface area contributed by atoms with Gasteiger partial charge in [-0.15, -0.1) is 12.4 Å². The third-order valence-electron chi connectivity index (χ3n) is 2.68. The highest BCUT2D eigenvalue weighted by Gasteiger charge is 2.22. The SMILES string of the molecule is CCOc1cc([C@@H]2CCOC(=O)N2)cc(Br)c1O.Cl. The highest BCUT2D eigenvalue weighted by molar-refractivity contribution is 9.10. The first-order valence-corrected chi connectivity index (χ1v) is 6.49. The van der Waals surface area contributed by atoms with Crippen LogP contribution in [-0.2, 0) is 4.74 Å². The van der Waals surface area contributed by atoms with Crippen LogP contribution in [0.4, 0.5) is 4.79 Å². The Bertz CT molecular complexity index is 469. The largest absolute Gasteiger partial charge is 0.503 e. The molecule has 19 heavy (non-hydrogen) atoms. The van der Waals surface area contributed by atoms with Gasteiger partial charge in [0.05, 0.1) is 23.7 Å². The standard InChI is InChI=1S/C12H14BrNO4.ClH/c1-2-17-10-6-7(5-8(13)11(10)15)9-3-4-18-12(16)14-9;/h5-6,9,15H,2-4H2,1H3,(H,14,16);1H/t9-;/m0./s1. The van der Waals surface area contributed by atoms with Gasteiger partial charge >= 0.3 is 6.09 Å². The molecule has 1 heterocycles. The van der Waals surface area contributed by atoms with Crippen LogP contribution in [0, 0.1) is 0 Å². The predicted octanol–water partition coefficient (Wildman–Crippen LogP) is 3.15. The number of carbonyl (C=O) groups excluding carboxylic acids is 1. The fourth-order valence-electron chi connectivity index (χ4n) is 1.84. The molecule has 0 spiro atoms. The number of alkyl carbamates (subject to hydrolysis) is 1. The van der Waals surface area contributed by atoms with E-state index < -0.39 is 6.09 Å². The average molecular weight is 353 g/mol. The minimum Gasteiger partial charge on any atom is -0.503 e. The van der Waals surface area contributed by atoms with Crippen LogP contribution in [0.1, 0.15) is 24.9 Å². The molecule has 1 fully saturated rings. The van der Waals surface area contributed by atoms with E-state index in [9.17, 15) is 9.90 Å². The predicted molar refractivity (Wildman–Crippen MR) is 76.1 cm³/mol. The van der Waals surface area contributed by atoms with E-state index in [1.54, 1.807) is 12.1 Å². The van der Waals surface area contributed by atoms with Crippen molar-refractivity contribution in [3.8, 4) is 11.5 Å². The molecule has 0 radical (unpaired) electrons. The summed E-state index contributed by atoms with van der Waals surface area (Å²) in [5.41, 5.74) is 0.875. The lowest BCUT2D eigenvalue weighted by Gasteiger charge is -2.24. The van der Waals surface area contributed by atoms with Gasteiger partial charge in [0.15, 0.2) is 11.5 Å². The van der Waals surface area contributed by atoms with E-state index in [2.05, 4.69) is 21.2 Å². The molecule has 1 aromatic carbocycles. The van der Waals surface area contributed by atoms with Crippen LogP contribution >= 0.6 is 28.3 Å². The Balaban J connectivity index is 0.00000180. The van der Waals surface area contributed by atoms with E-state index in [1.807, 2.05) is 6.92 Å². The number of hydrogen-bond donors (Lipinski definition) is 2. The zero-order valence-electron chi connectivity index (χ0n) is 10.3. The van der Waals surface area contributed by atoms with Gasteiger partial charge in [-0.2, -0.15) is 0 Å². The molecule has 0 bridgehead atoms. The topological polar surface area (TPSA) is 67.8 Å². The summed E-state index contributed by atoms with van der Waals surface area (Å²) in [4.78, 5) is 11.2. The van der Waals surface area contributed by atoms with Crippen molar-refractivity contribution in [2.75, 3.05) is 13.2 Å². The first kappa shape index (κ1) is 15.9. The number of phenolic OH excluding ortho intramolecular Hbond substituents is 1. The van der Waals surface area contributed by atoms with Crippen molar-refractivity contribution in [3.63, 3.8) is 0 Å². The van der Waals surface area contributed by atoms with E-state index in [4.69, 9.17) is 9.47 Å². The van der Waals surface area contributed by atoms with Crippen LogP contribution in [0.2, 0.25) is 0 Å². The third-order valence-corrected chi connectivity index (χ3v) is 3.29. The second-order valence-electron chi connectivity index (χ2n) is 3.90. The smallest absolute Gasteiger partial charge is 0.407 e. The zero-order chi connectivity index (χ0) is 13.1. The fraction of sp³-hybridized carbons (Fsp3) is 0.417. The summed E-state index contributed by atoms with van der Waals surface area (Å²) >= 11 is 3.27. The van der Waals surface area contributed by atoms with Crippen molar-refractivity contribution in [2.45, 2.75) is 19.4 Å². The number of aromatic hydroxyl groups is 1. The molecule has 106 valence electrons. The molecule has 0 unspecified atom stereocenters. The van der Waals surface area contributed by atoms with E-state index in [-0.39, 0.29) is 24.2 Å². The molecule has 1 atom stereocenters. The van der Waals surface area contributed by atoms with Gasteiger partial charge in [-0.05, 0) is 40.5 Å². The van der Waals surface area contributed by atoms with Crippen LogP contribution in [0.25, 0.3) is 0 Å². The molecule has 2 N–H and O–H groups in total. The molecule has 1 amide bonds. The lowest BCUT2D eigenvalue weighted by molar-refractivity contribution is 0.115. The summed E-state index contributed by atoms with van der Waals surface area (Å²) in [6.45, 7) is 2.69. The van der Waals surface area contributed by atoms with Crippen molar-refractivity contribution in [3.05, 3.63) is 22.2 Å². The van der Waals surface area contributed by atoms with Gasteiger partial charge in [-0.1, -0.05) is 0 Å². The Labute approximate surface area is 125 Å². The lowest BCUT2D eigenvalue weighted by atomic mass is 10.0. The molecule has 1 aliphatic rings. The number of carbonyl (C=O) groups is 1. The summed E-state index contributed by atoms with van der Waals surface area (Å²) in [6.07, 6.45) is 0.266. The van der Waals surface area contributed by atoms with E-state index in [0.717, 1.165) is 5.56 Å². The van der Waals surface area contributed by atoms with Crippen LogP contribution in [0.5, 0.6) is 11.5 Å². The second kappa shape index (κ2) is 6.86. The molecule has 1 saturated heterocycles. The normalized spacial score (nSPS) is 18.0. The van der Waals surface area contributed by atoms with Crippen molar-refractivity contribution < 1.29 is 19.4 Å². The molecule has 1 aromatic rings. The highest BCUT2D eigenvalue weighted by atomic mass is 79.9. The van der Waals surface area contributed by atoms with Gasteiger partial charge in [0, 0.05) is 6.42 Å². The number of rotatable bonds is 3. The number of nitrogens with one attached hydrogen (secondary N) is 1. The van der Waals surface area contributed by atoms with Gasteiger partial charge in [0.1, 0.15) is 0 Å². The van der Waals surface area contributed by atoms with Crippen LogP contribution in [0.15, 0.2) is 16.6 Å². The van der Waals surface area contributed by atoms with Crippen LogP contribution < -0.4 is 10.1 Å². The summed E-state index contributed by atoms with van der Waals surface area (Å²) in [5, 5.41) is 12.5. The van der Waals surface area contributed by atoms with E-state index >= 15 is 0 Å². The van der Waals surface area contributed by atoms with Crippen molar-refractivity contribution in [1.29, 1.82) is 0 Å². The summed E-state index contributed by atoms with van der Waals surface area (Å²) in [7, 11) is 0. The molecule has 1 aliphatic heterocycles. The number of ether oxygens (including phenoxy) is 2. The number of halogens is 2. The maximum absolute atomic E-state index is 11.2. The van der Waals surface area contributed by atoms with Gasteiger partial charge in [0.25, 0.3) is 0 Å². The fourth-order valence-corrected chi connectivity index (χ4v) is 2.30. The molecule has 0 saturated carbocycles. The van der Waals surface area contributed by atoms with Gasteiger partial charge in [-0.25, -0.2) is 4.79 Å². The van der Waals surface area contributed by atoms with Crippen molar-refractivity contribution >= 4 is 34.4 Å². The molecule has 0 aliphatic carbocycles. The molecule has 2 rings (SSSR count). The Morgan fingerprint density at radius 3 is 2.95 bits per heavy atom. The number of hydrogen-bond acceptors (Lipinski definition) is 4. The molecule has 5 nitrogen and oxygen atoms in total. The third kappa shape index (κ3) is 3.67. The maximum Gasteiger partial charge on any atom is 0.407 e. The average Bonchev–Trinajstić information content (AvgIpc) is 2.35. The molecular formula is C12H15BrClNO4. The quantitative estimate of drug-likeness (QED) is 0.877. The monoisotopic (exact) mass is 351 g/mol. The van der Waals surface area contributed by atoms with Crippen molar-refractivity contribution in [2.24, 2.45) is 0 Å². The molecular weight excluding hydrogens is 337 g/mol. The minimum atomic E-state index is -0.423. The number of phenols is 1.